The molecule has 16 heavy (non-hydrogen) atoms. The van der Waals surface area contributed by atoms with Crippen LogP contribution in [-0.4, -0.2) is 12.6 Å². The highest BCUT2D eigenvalue weighted by molar-refractivity contribution is 5.71. The van der Waals surface area contributed by atoms with E-state index in [9.17, 15) is 4.79 Å². The van der Waals surface area contributed by atoms with Crippen molar-refractivity contribution in [3.8, 4) is 0 Å². The summed E-state index contributed by atoms with van der Waals surface area (Å²) >= 11 is 0. The highest BCUT2D eigenvalue weighted by Gasteiger charge is 2.40. The molecule has 0 spiro atoms. The first-order chi connectivity index (χ1) is 7.26. The monoisotopic (exact) mass is 224 g/mol. The SMILES string of the molecule is CC1=CC(COC(=O)C(C)C)C(C)(C)C1C. The third-order valence-electron chi connectivity index (χ3n) is 4.10. The van der Waals surface area contributed by atoms with Crippen molar-refractivity contribution in [1.82, 2.24) is 0 Å². The van der Waals surface area contributed by atoms with E-state index in [-0.39, 0.29) is 17.3 Å². The Kier molecular flexibility index (Phi) is 3.82. The van der Waals surface area contributed by atoms with Crippen molar-refractivity contribution in [2.75, 3.05) is 6.61 Å². The van der Waals surface area contributed by atoms with E-state index in [4.69, 9.17) is 4.74 Å². The number of ether oxygens (including phenoxy) is 1. The van der Waals surface area contributed by atoms with Gasteiger partial charge in [-0.05, 0) is 18.3 Å². The van der Waals surface area contributed by atoms with Crippen molar-refractivity contribution < 1.29 is 9.53 Å². The fraction of sp³-hybridized carbons (Fsp3) is 0.786. The Morgan fingerprint density at radius 1 is 1.50 bits per heavy atom. The molecule has 2 nitrogen and oxygen atoms in total. The Morgan fingerprint density at radius 3 is 2.44 bits per heavy atom. The van der Waals surface area contributed by atoms with Crippen LogP contribution in [0.15, 0.2) is 11.6 Å². The molecule has 2 heteroatoms. The van der Waals surface area contributed by atoms with Gasteiger partial charge in [0.15, 0.2) is 0 Å². The van der Waals surface area contributed by atoms with Gasteiger partial charge in [-0.2, -0.15) is 0 Å². The van der Waals surface area contributed by atoms with Gasteiger partial charge in [-0.25, -0.2) is 0 Å². The smallest absolute Gasteiger partial charge is 0.308 e. The van der Waals surface area contributed by atoms with Crippen molar-refractivity contribution in [3.05, 3.63) is 11.6 Å². The summed E-state index contributed by atoms with van der Waals surface area (Å²) in [5.74, 6) is 0.786. The van der Waals surface area contributed by atoms with Crippen LogP contribution < -0.4 is 0 Å². The van der Waals surface area contributed by atoms with E-state index in [1.165, 1.54) is 5.57 Å². The van der Waals surface area contributed by atoms with E-state index < -0.39 is 0 Å². The minimum absolute atomic E-state index is 0.0352. The second-order valence-corrected chi connectivity index (χ2v) is 5.84. The van der Waals surface area contributed by atoms with E-state index in [0.717, 1.165) is 0 Å². The van der Waals surface area contributed by atoms with Crippen molar-refractivity contribution in [3.63, 3.8) is 0 Å². The molecule has 0 aliphatic heterocycles. The summed E-state index contributed by atoms with van der Waals surface area (Å²) in [5, 5.41) is 0. The maximum absolute atomic E-state index is 11.4. The van der Waals surface area contributed by atoms with Gasteiger partial charge >= 0.3 is 5.97 Å². The highest BCUT2D eigenvalue weighted by Crippen LogP contribution is 2.46. The molecule has 92 valence electrons. The van der Waals surface area contributed by atoms with Crippen LogP contribution in [0.3, 0.4) is 0 Å². The minimum atomic E-state index is -0.0959. The molecular formula is C14H24O2. The maximum atomic E-state index is 11.4. The fourth-order valence-corrected chi connectivity index (χ4v) is 2.19. The quantitative estimate of drug-likeness (QED) is 0.542. The Labute approximate surface area is 99.1 Å². The molecule has 2 atom stereocenters. The number of hydrogen-bond acceptors (Lipinski definition) is 2. The standard InChI is InChI=1S/C14H24O2/c1-9(2)13(15)16-8-12-7-10(3)11(4)14(12,5)6/h7,9,11-12H,8H2,1-6H3. The topological polar surface area (TPSA) is 26.3 Å². The van der Waals surface area contributed by atoms with E-state index in [1.807, 2.05) is 13.8 Å². The van der Waals surface area contributed by atoms with Gasteiger partial charge in [-0.3, -0.25) is 4.79 Å². The Morgan fingerprint density at radius 2 is 2.06 bits per heavy atom. The van der Waals surface area contributed by atoms with Gasteiger partial charge in [0.1, 0.15) is 0 Å². The van der Waals surface area contributed by atoms with Crippen LogP contribution in [0.4, 0.5) is 0 Å². The molecule has 0 radical (unpaired) electrons. The molecule has 1 rings (SSSR count). The zero-order chi connectivity index (χ0) is 12.5. The number of carbonyl (C=O) groups is 1. The zero-order valence-electron chi connectivity index (χ0n) is 11.3. The van der Waals surface area contributed by atoms with Crippen molar-refractivity contribution in [1.29, 1.82) is 0 Å². The van der Waals surface area contributed by atoms with E-state index in [2.05, 4.69) is 33.8 Å². The van der Waals surface area contributed by atoms with Crippen LogP contribution in [0.2, 0.25) is 0 Å². The molecule has 0 amide bonds. The summed E-state index contributed by atoms with van der Waals surface area (Å²) in [7, 11) is 0. The number of carbonyl (C=O) groups excluding carboxylic acids is 1. The van der Waals surface area contributed by atoms with Gasteiger partial charge in [0.05, 0.1) is 12.5 Å². The van der Waals surface area contributed by atoms with Crippen molar-refractivity contribution in [2.24, 2.45) is 23.2 Å². The van der Waals surface area contributed by atoms with Crippen molar-refractivity contribution >= 4 is 5.97 Å². The first kappa shape index (κ1) is 13.3. The van der Waals surface area contributed by atoms with Gasteiger partial charge < -0.3 is 4.74 Å². The lowest BCUT2D eigenvalue weighted by Gasteiger charge is -2.32. The summed E-state index contributed by atoms with van der Waals surface area (Å²) in [4.78, 5) is 11.4. The summed E-state index contributed by atoms with van der Waals surface area (Å²) in [5.41, 5.74) is 1.61. The van der Waals surface area contributed by atoms with E-state index >= 15 is 0 Å². The molecule has 1 aliphatic carbocycles. The minimum Gasteiger partial charge on any atom is -0.465 e. The van der Waals surface area contributed by atoms with Crippen LogP contribution in [0.1, 0.15) is 41.5 Å². The maximum Gasteiger partial charge on any atom is 0.308 e. The zero-order valence-corrected chi connectivity index (χ0v) is 11.3. The molecule has 0 aromatic carbocycles. The second-order valence-electron chi connectivity index (χ2n) is 5.84. The number of hydrogen-bond donors (Lipinski definition) is 0. The van der Waals surface area contributed by atoms with Crippen LogP contribution in [0, 0.1) is 23.2 Å². The third kappa shape index (κ3) is 2.47. The Hall–Kier alpha value is -0.790. The molecular weight excluding hydrogens is 200 g/mol. The van der Waals surface area contributed by atoms with Gasteiger partial charge in [-0.15, -0.1) is 0 Å². The normalized spacial score (nSPS) is 28.1. The summed E-state index contributed by atoms with van der Waals surface area (Å²) < 4.78 is 5.34. The molecule has 0 bridgehead atoms. The number of esters is 1. The molecule has 0 heterocycles. The van der Waals surface area contributed by atoms with Gasteiger partial charge in [0, 0.05) is 5.92 Å². The predicted octanol–water partition coefficient (Wildman–Crippen LogP) is 3.42. The lowest BCUT2D eigenvalue weighted by Crippen LogP contribution is -2.29. The Bertz CT molecular complexity index is 300. The van der Waals surface area contributed by atoms with Gasteiger partial charge in [0.2, 0.25) is 0 Å². The first-order valence-corrected chi connectivity index (χ1v) is 6.11. The fourth-order valence-electron chi connectivity index (χ4n) is 2.19. The second kappa shape index (κ2) is 4.60. The van der Waals surface area contributed by atoms with Crippen LogP contribution in [-0.2, 0) is 9.53 Å². The molecule has 0 aromatic heterocycles. The lowest BCUT2D eigenvalue weighted by atomic mass is 9.74. The summed E-state index contributed by atoms with van der Waals surface area (Å²) in [6.07, 6.45) is 2.26. The molecule has 0 fully saturated rings. The number of rotatable bonds is 3. The van der Waals surface area contributed by atoms with Gasteiger partial charge in [-0.1, -0.05) is 46.3 Å². The van der Waals surface area contributed by atoms with Crippen LogP contribution >= 0.6 is 0 Å². The molecule has 0 saturated heterocycles. The molecule has 0 N–H and O–H groups in total. The average molecular weight is 224 g/mol. The molecule has 0 aromatic rings. The Balaban J connectivity index is 2.59. The first-order valence-electron chi connectivity index (χ1n) is 6.11. The van der Waals surface area contributed by atoms with Gasteiger partial charge in [0.25, 0.3) is 0 Å². The lowest BCUT2D eigenvalue weighted by molar-refractivity contribution is -0.149. The van der Waals surface area contributed by atoms with E-state index in [1.54, 1.807) is 0 Å². The summed E-state index contributed by atoms with van der Waals surface area (Å²) in [6, 6.07) is 0. The largest absolute Gasteiger partial charge is 0.465 e. The predicted molar refractivity (Wildman–Crippen MR) is 66.0 cm³/mol. The van der Waals surface area contributed by atoms with E-state index in [0.29, 0.717) is 18.4 Å². The molecule has 1 aliphatic rings. The average Bonchev–Trinajstić information content (AvgIpc) is 2.38. The highest BCUT2D eigenvalue weighted by atomic mass is 16.5. The van der Waals surface area contributed by atoms with Crippen LogP contribution in [0.5, 0.6) is 0 Å². The van der Waals surface area contributed by atoms with Crippen LogP contribution in [0.25, 0.3) is 0 Å². The molecule has 0 saturated carbocycles. The van der Waals surface area contributed by atoms with Crippen molar-refractivity contribution in [2.45, 2.75) is 41.5 Å². The summed E-state index contributed by atoms with van der Waals surface area (Å²) in [6.45, 7) is 13.2. The molecule has 2 unspecified atom stereocenters. The number of allylic oxidation sites excluding steroid dienone is 1. The third-order valence-corrected chi connectivity index (χ3v) is 4.10.